The fourth-order valence-electron chi connectivity index (χ4n) is 2.43. The minimum Gasteiger partial charge on any atom is -0.508 e. The Morgan fingerprint density at radius 3 is 2.80 bits per heavy atom. The molecule has 3 rings (SSSR count). The SMILES string of the molecule is O=C(O)C1CCc2nc(Cc3ccc(O)cc3)nn2C1. The highest BCUT2D eigenvalue weighted by atomic mass is 16.4. The molecule has 104 valence electrons. The van der Waals surface area contributed by atoms with Gasteiger partial charge in [-0.25, -0.2) is 9.67 Å². The maximum Gasteiger partial charge on any atom is 0.308 e. The first-order valence-electron chi connectivity index (χ1n) is 6.55. The largest absolute Gasteiger partial charge is 0.508 e. The Hall–Kier alpha value is -2.37. The minimum atomic E-state index is -0.772. The van der Waals surface area contributed by atoms with Gasteiger partial charge >= 0.3 is 5.97 Å². The van der Waals surface area contributed by atoms with Gasteiger partial charge in [0.1, 0.15) is 11.6 Å². The molecule has 1 aromatic heterocycles. The topological polar surface area (TPSA) is 88.2 Å². The third kappa shape index (κ3) is 2.49. The van der Waals surface area contributed by atoms with Crippen LogP contribution in [-0.4, -0.2) is 30.9 Å². The molecule has 6 nitrogen and oxygen atoms in total. The van der Waals surface area contributed by atoms with Crippen molar-refractivity contribution in [2.45, 2.75) is 25.8 Å². The summed E-state index contributed by atoms with van der Waals surface area (Å²) < 4.78 is 1.71. The zero-order valence-corrected chi connectivity index (χ0v) is 10.9. The number of benzene rings is 1. The number of rotatable bonds is 3. The molecule has 0 spiro atoms. The van der Waals surface area contributed by atoms with Gasteiger partial charge in [-0.05, 0) is 24.1 Å². The van der Waals surface area contributed by atoms with Crippen molar-refractivity contribution in [3.63, 3.8) is 0 Å². The normalized spacial score (nSPS) is 17.7. The predicted molar refractivity (Wildman–Crippen MR) is 70.4 cm³/mol. The number of carboxylic acid groups (broad SMARTS) is 1. The quantitative estimate of drug-likeness (QED) is 0.877. The fraction of sp³-hybridized carbons (Fsp3) is 0.357. The third-order valence-electron chi connectivity index (χ3n) is 3.55. The average Bonchev–Trinajstić information content (AvgIpc) is 2.82. The van der Waals surface area contributed by atoms with Crippen LogP contribution in [0.5, 0.6) is 5.75 Å². The molecule has 0 saturated carbocycles. The summed E-state index contributed by atoms with van der Waals surface area (Å²) in [5.41, 5.74) is 1.01. The van der Waals surface area contributed by atoms with E-state index in [1.54, 1.807) is 16.8 Å². The summed E-state index contributed by atoms with van der Waals surface area (Å²) in [6, 6.07) is 6.92. The molecule has 1 aliphatic rings. The maximum absolute atomic E-state index is 11.0. The number of aryl methyl sites for hydroxylation is 1. The number of carbonyl (C=O) groups is 1. The summed E-state index contributed by atoms with van der Waals surface area (Å²) in [4.78, 5) is 15.5. The predicted octanol–water partition coefficient (Wildman–Crippen LogP) is 1.22. The lowest BCUT2D eigenvalue weighted by molar-refractivity contribution is -0.142. The highest BCUT2D eigenvalue weighted by molar-refractivity contribution is 5.70. The second-order valence-electron chi connectivity index (χ2n) is 5.04. The molecule has 0 aliphatic carbocycles. The number of fused-ring (bicyclic) bond motifs is 1. The lowest BCUT2D eigenvalue weighted by Gasteiger charge is -2.18. The fourth-order valence-corrected chi connectivity index (χ4v) is 2.43. The van der Waals surface area contributed by atoms with Crippen molar-refractivity contribution in [2.24, 2.45) is 5.92 Å². The zero-order chi connectivity index (χ0) is 14.1. The zero-order valence-electron chi connectivity index (χ0n) is 10.9. The molecule has 0 bridgehead atoms. The highest BCUT2D eigenvalue weighted by Gasteiger charge is 2.26. The lowest BCUT2D eigenvalue weighted by Crippen LogP contribution is -2.27. The van der Waals surface area contributed by atoms with Crippen LogP contribution in [0.15, 0.2) is 24.3 Å². The molecule has 1 atom stereocenters. The van der Waals surface area contributed by atoms with Crippen molar-refractivity contribution in [2.75, 3.05) is 0 Å². The van der Waals surface area contributed by atoms with E-state index in [0.717, 1.165) is 11.4 Å². The van der Waals surface area contributed by atoms with Crippen molar-refractivity contribution in [1.29, 1.82) is 0 Å². The van der Waals surface area contributed by atoms with E-state index in [1.807, 2.05) is 12.1 Å². The van der Waals surface area contributed by atoms with E-state index in [-0.39, 0.29) is 11.7 Å². The van der Waals surface area contributed by atoms with Crippen LogP contribution < -0.4 is 0 Å². The van der Waals surface area contributed by atoms with E-state index in [9.17, 15) is 9.90 Å². The van der Waals surface area contributed by atoms with Crippen LogP contribution in [0.1, 0.15) is 23.6 Å². The number of phenolic OH excluding ortho intramolecular Hbond substituents is 1. The van der Waals surface area contributed by atoms with E-state index in [0.29, 0.717) is 31.6 Å². The molecular weight excluding hydrogens is 258 g/mol. The Balaban J connectivity index is 1.77. The molecule has 20 heavy (non-hydrogen) atoms. The third-order valence-corrected chi connectivity index (χ3v) is 3.55. The van der Waals surface area contributed by atoms with Gasteiger partial charge in [0.2, 0.25) is 0 Å². The van der Waals surface area contributed by atoms with Crippen molar-refractivity contribution in [3.8, 4) is 5.75 Å². The first-order valence-corrected chi connectivity index (χ1v) is 6.55. The summed E-state index contributed by atoms with van der Waals surface area (Å²) in [6.45, 7) is 0.396. The second-order valence-corrected chi connectivity index (χ2v) is 5.04. The summed E-state index contributed by atoms with van der Waals surface area (Å²) in [5, 5.41) is 22.7. The van der Waals surface area contributed by atoms with Gasteiger partial charge in [-0.1, -0.05) is 12.1 Å². The smallest absolute Gasteiger partial charge is 0.308 e. The molecule has 1 aliphatic heterocycles. The van der Waals surface area contributed by atoms with Crippen molar-refractivity contribution < 1.29 is 15.0 Å². The van der Waals surface area contributed by atoms with Crippen molar-refractivity contribution in [3.05, 3.63) is 41.5 Å². The first-order chi connectivity index (χ1) is 9.61. The summed E-state index contributed by atoms with van der Waals surface area (Å²) in [5.74, 6) is 0.639. The molecule has 1 unspecified atom stereocenters. The Morgan fingerprint density at radius 1 is 1.35 bits per heavy atom. The second kappa shape index (κ2) is 4.96. The van der Waals surface area contributed by atoms with Gasteiger partial charge in [-0.15, -0.1) is 0 Å². The summed E-state index contributed by atoms with van der Waals surface area (Å²) >= 11 is 0. The lowest BCUT2D eigenvalue weighted by atomic mass is 10.0. The van der Waals surface area contributed by atoms with Crippen molar-refractivity contribution >= 4 is 5.97 Å². The number of aliphatic carboxylic acids is 1. The number of nitrogens with zero attached hydrogens (tertiary/aromatic N) is 3. The highest BCUT2D eigenvalue weighted by Crippen LogP contribution is 2.19. The molecule has 6 heteroatoms. The monoisotopic (exact) mass is 273 g/mol. The van der Waals surface area contributed by atoms with E-state index < -0.39 is 5.97 Å². The van der Waals surface area contributed by atoms with Crippen molar-refractivity contribution in [1.82, 2.24) is 14.8 Å². The Morgan fingerprint density at radius 2 is 2.10 bits per heavy atom. The van der Waals surface area contributed by atoms with E-state index in [2.05, 4.69) is 10.1 Å². The van der Waals surface area contributed by atoms with E-state index in [4.69, 9.17) is 5.11 Å². The summed E-state index contributed by atoms with van der Waals surface area (Å²) in [7, 11) is 0. The van der Waals surface area contributed by atoms with Crippen LogP contribution in [0.3, 0.4) is 0 Å². The Kier molecular flexibility index (Phi) is 3.14. The van der Waals surface area contributed by atoms with Crippen LogP contribution >= 0.6 is 0 Å². The number of aromatic nitrogens is 3. The number of hydrogen-bond acceptors (Lipinski definition) is 4. The molecule has 1 aromatic carbocycles. The van der Waals surface area contributed by atoms with E-state index >= 15 is 0 Å². The van der Waals surface area contributed by atoms with Gasteiger partial charge in [0, 0.05) is 12.8 Å². The number of hydrogen-bond donors (Lipinski definition) is 2. The van der Waals surface area contributed by atoms with Gasteiger partial charge in [0.25, 0.3) is 0 Å². The van der Waals surface area contributed by atoms with Crippen LogP contribution in [0, 0.1) is 5.92 Å². The molecular formula is C14H15N3O3. The molecule has 2 aromatic rings. The van der Waals surface area contributed by atoms with Gasteiger partial charge in [-0.3, -0.25) is 4.79 Å². The number of carboxylic acids is 1. The van der Waals surface area contributed by atoms with Crippen LogP contribution in [0.4, 0.5) is 0 Å². The van der Waals surface area contributed by atoms with Crippen LogP contribution in [-0.2, 0) is 24.2 Å². The number of aromatic hydroxyl groups is 1. The van der Waals surface area contributed by atoms with Crippen LogP contribution in [0.2, 0.25) is 0 Å². The average molecular weight is 273 g/mol. The van der Waals surface area contributed by atoms with E-state index in [1.165, 1.54) is 0 Å². The van der Waals surface area contributed by atoms with Crippen LogP contribution in [0.25, 0.3) is 0 Å². The van der Waals surface area contributed by atoms with Gasteiger partial charge < -0.3 is 10.2 Å². The molecule has 0 saturated heterocycles. The standard InChI is InChI=1S/C14H15N3O3/c18-11-4-1-9(2-5-11)7-12-15-13-6-3-10(14(19)20)8-17(13)16-12/h1-2,4-5,10,18H,3,6-8H2,(H,19,20). The first kappa shape index (κ1) is 12.7. The molecule has 0 amide bonds. The number of phenols is 1. The van der Waals surface area contributed by atoms with Gasteiger partial charge in [-0.2, -0.15) is 5.10 Å². The maximum atomic E-state index is 11.0. The van der Waals surface area contributed by atoms with Gasteiger partial charge in [0.15, 0.2) is 5.82 Å². The van der Waals surface area contributed by atoms with Gasteiger partial charge in [0.05, 0.1) is 12.5 Å². The molecule has 2 heterocycles. The molecule has 2 N–H and O–H groups in total. The Bertz CT molecular complexity index is 634. The Labute approximate surface area is 115 Å². The molecule has 0 radical (unpaired) electrons. The summed E-state index contributed by atoms with van der Waals surface area (Å²) in [6.07, 6.45) is 1.85. The molecule has 0 fully saturated rings. The minimum absolute atomic E-state index is 0.232.